The van der Waals surface area contributed by atoms with E-state index in [1.54, 1.807) is 11.8 Å². The summed E-state index contributed by atoms with van der Waals surface area (Å²) in [6.07, 6.45) is 3.89. The van der Waals surface area contributed by atoms with Gasteiger partial charge in [0.15, 0.2) is 5.82 Å². The number of benzene rings is 3. The van der Waals surface area contributed by atoms with Crippen molar-refractivity contribution in [1.82, 2.24) is 9.78 Å². The molecule has 4 aromatic rings. The number of aryl methyl sites for hydroxylation is 2. The number of hydrogen-bond acceptors (Lipinski definition) is 4. The van der Waals surface area contributed by atoms with E-state index in [2.05, 4.69) is 63.4 Å². The Hall–Kier alpha value is -3.80. The van der Waals surface area contributed by atoms with Crippen LogP contribution < -0.4 is 15.5 Å². The molecule has 1 N–H and O–H groups in total. The van der Waals surface area contributed by atoms with E-state index in [4.69, 9.17) is 9.84 Å². The molecule has 37 heavy (non-hydrogen) atoms. The normalized spacial score (nSPS) is 13.8. The number of anilines is 2. The Morgan fingerprint density at radius 3 is 2.59 bits per heavy atom. The van der Waals surface area contributed by atoms with Gasteiger partial charge in [0.25, 0.3) is 0 Å². The molecule has 0 saturated heterocycles. The molecule has 1 aliphatic carbocycles. The number of ether oxygens (including phenoxy) is 1. The van der Waals surface area contributed by atoms with Gasteiger partial charge in [-0.2, -0.15) is 4.68 Å². The van der Waals surface area contributed by atoms with Crippen LogP contribution in [-0.4, -0.2) is 30.6 Å². The lowest BCUT2D eigenvalue weighted by Gasteiger charge is -2.16. The molecule has 3 aromatic carbocycles. The monoisotopic (exact) mass is 491 g/mol. The number of fused-ring (bicyclic) bond motifs is 3. The van der Waals surface area contributed by atoms with Crippen LogP contribution in [0.4, 0.5) is 11.5 Å². The summed E-state index contributed by atoms with van der Waals surface area (Å²) in [6.45, 7) is 4.35. The van der Waals surface area contributed by atoms with Crippen molar-refractivity contribution in [3.05, 3.63) is 89.0 Å². The molecule has 1 atom stereocenters. The first-order valence-electron chi connectivity index (χ1n) is 13.3. The second kappa shape index (κ2) is 10.7. The van der Waals surface area contributed by atoms with Crippen LogP contribution in [0, 0.1) is 0 Å². The fourth-order valence-electron chi connectivity index (χ4n) is 5.53. The predicted molar refractivity (Wildman–Crippen MR) is 154 cm³/mol. The number of nitrogens with one attached hydrogen (secondary N) is 1. The summed E-state index contributed by atoms with van der Waals surface area (Å²) in [7, 11) is 3.79. The molecule has 1 heterocycles. The molecule has 1 unspecified atom stereocenters. The predicted octanol–water partition coefficient (Wildman–Crippen LogP) is 5.64. The highest BCUT2D eigenvalue weighted by Gasteiger charge is 2.37. The molecule has 1 aromatic heterocycles. The Kier molecular flexibility index (Phi) is 7.18. The van der Waals surface area contributed by atoms with Crippen LogP contribution >= 0.6 is 0 Å². The minimum absolute atomic E-state index is 0.0192. The van der Waals surface area contributed by atoms with Crippen LogP contribution in [0.1, 0.15) is 66.1 Å². The van der Waals surface area contributed by atoms with Gasteiger partial charge < -0.3 is 10.1 Å². The van der Waals surface area contributed by atoms with Crippen molar-refractivity contribution in [2.24, 2.45) is 0 Å². The topological polar surface area (TPSA) is 56.2 Å². The van der Waals surface area contributed by atoms with Gasteiger partial charge in [0.2, 0.25) is 5.91 Å². The van der Waals surface area contributed by atoms with Crippen molar-refractivity contribution < 1.29 is 9.53 Å². The fraction of sp³-hybridized carbons (Fsp3) is 0.290. The van der Waals surface area contributed by atoms with Crippen LogP contribution in [0.25, 0.3) is 11.3 Å². The summed E-state index contributed by atoms with van der Waals surface area (Å²) in [4.78, 5) is 13.6. The Labute approximate surface area is 220 Å². The van der Waals surface area contributed by atoms with Crippen molar-refractivity contribution in [3.63, 3.8) is 0 Å². The maximum Gasteiger partial charge on any atom is 0.247 e. The maximum absolute atomic E-state index is 13.6. The molecule has 6 heteroatoms. The van der Waals surface area contributed by atoms with E-state index in [1.807, 2.05) is 30.3 Å². The van der Waals surface area contributed by atoms with Crippen LogP contribution in [-0.2, 0) is 12.8 Å². The highest BCUT2D eigenvalue weighted by Crippen LogP contribution is 2.51. The van der Waals surface area contributed by atoms with E-state index in [9.17, 15) is 4.79 Å². The van der Waals surface area contributed by atoms with Gasteiger partial charge in [0.05, 0.1) is 12.8 Å². The average Bonchev–Trinajstić information content (AvgIpc) is 3.43. The molecular weight excluding hydrogens is 457 g/mol. The van der Waals surface area contributed by atoms with Gasteiger partial charge in [0.1, 0.15) is 13.6 Å². The van der Waals surface area contributed by atoms with Gasteiger partial charge >= 0.3 is 0 Å². The van der Waals surface area contributed by atoms with Crippen LogP contribution in [0.5, 0.6) is 5.75 Å². The molecule has 0 spiro atoms. The highest BCUT2D eigenvalue weighted by atomic mass is 16.5. The fourth-order valence-corrected chi connectivity index (χ4v) is 5.53. The van der Waals surface area contributed by atoms with Crippen molar-refractivity contribution in [3.8, 4) is 17.0 Å². The number of rotatable bonds is 9. The van der Waals surface area contributed by atoms with E-state index in [1.165, 1.54) is 22.2 Å². The minimum atomic E-state index is 0.0192. The van der Waals surface area contributed by atoms with Crippen LogP contribution in [0.3, 0.4) is 0 Å². The largest absolute Gasteiger partial charge is 0.496 e. The Balaban J connectivity index is 1.56. The summed E-state index contributed by atoms with van der Waals surface area (Å²) in [6, 6.07) is 23.0. The van der Waals surface area contributed by atoms with Crippen molar-refractivity contribution in [2.45, 2.75) is 51.9 Å². The third-order valence-electron chi connectivity index (χ3n) is 7.36. The molecule has 1 aliphatic rings. The van der Waals surface area contributed by atoms with Crippen LogP contribution in [0.15, 0.2) is 66.7 Å². The molecule has 0 radical (unpaired) electrons. The Morgan fingerprint density at radius 1 is 1.08 bits per heavy atom. The van der Waals surface area contributed by atoms with Crippen molar-refractivity contribution in [2.75, 3.05) is 12.4 Å². The maximum atomic E-state index is 13.6. The molecule has 0 bridgehead atoms. The third-order valence-corrected chi connectivity index (χ3v) is 7.36. The van der Waals surface area contributed by atoms with E-state index in [-0.39, 0.29) is 11.8 Å². The molecule has 0 fully saturated rings. The lowest BCUT2D eigenvalue weighted by atomic mass is 9.92. The van der Waals surface area contributed by atoms with Gasteiger partial charge in [-0.05, 0) is 60.6 Å². The molecular formula is C31H34BN3O2. The Morgan fingerprint density at radius 2 is 1.89 bits per heavy atom. The van der Waals surface area contributed by atoms with E-state index >= 15 is 0 Å². The lowest BCUT2D eigenvalue weighted by Crippen LogP contribution is -2.14. The second-order valence-electron chi connectivity index (χ2n) is 9.82. The number of aromatic nitrogens is 2. The van der Waals surface area contributed by atoms with Gasteiger partial charge in [-0.25, -0.2) is 0 Å². The molecule has 5 rings (SSSR count). The standard InChI is InChI=1S/C31H34BN3O2/c1-4-21-17-25-24(5-2)29-30(26(25)19-27(21)37-3)35(28(36)16-9-13-20-11-7-6-8-12-20)34-31(29)33-23-15-10-14-22(32)18-23/h6-8,10-12,14-15,17-19,24H,4-5,9,13,16,32H2,1-3H3,(H,33,34). The number of carbonyl (C=O) groups is 1. The molecule has 5 nitrogen and oxygen atoms in total. The zero-order valence-corrected chi connectivity index (χ0v) is 22.2. The number of hydrogen-bond donors (Lipinski definition) is 1. The van der Waals surface area contributed by atoms with Gasteiger partial charge in [-0.3, -0.25) is 4.79 Å². The minimum Gasteiger partial charge on any atom is -0.496 e. The van der Waals surface area contributed by atoms with Crippen molar-refractivity contribution >= 4 is 30.7 Å². The number of carbonyl (C=O) groups excluding carboxylic acids is 1. The lowest BCUT2D eigenvalue weighted by molar-refractivity contribution is 0.0887. The van der Waals surface area contributed by atoms with E-state index < -0.39 is 0 Å². The second-order valence-corrected chi connectivity index (χ2v) is 9.82. The number of methoxy groups -OCH3 is 1. The third kappa shape index (κ3) is 4.80. The molecule has 0 aliphatic heterocycles. The first kappa shape index (κ1) is 24.9. The Bertz CT molecular complexity index is 1430. The quantitative estimate of drug-likeness (QED) is 0.308. The first-order valence-corrected chi connectivity index (χ1v) is 13.3. The summed E-state index contributed by atoms with van der Waals surface area (Å²) < 4.78 is 7.40. The van der Waals surface area contributed by atoms with Gasteiger partial charge in [-0.1, -0.05) is 67.8 Å². The zero-order chi connectivity index (χ0) is 25.9. The van der Waals surface area contributed by atoms with Gasteiger partial charge in [-0.15, -0.1) is 5.10 Å². The average molecular weight is 491 g/mol. The van der Waals surface area contributed by atoms with Crippen molar-refractivity contribution in [1.29, 1.82) is 0 Å². The SMILES string of the molecule is Bc1cccc(Nc2nn(C(=O)CCCc3ccccc3)c3c2C(CC)c2cc(CC)c(OC)cc2-3)c1. The molecule has 188 valence electrons. The summed E-state index contributed by atoms with van der Waals surface area (Å²) in [5.74, 6) is 1.81. The smallest absolute Gasteiger partial charge is 0.247 e. The summed E-state index contributed by atoms with van der Waals surface area (Å²) >= 11 is 0. The highest BCUT2D eigenvalue weighted by molar-refractivity contribution is 6.32. The van der Waals surface area contributed by atoms with E-state index in [0.29, 0.717) is 6.42 Å². The molecule has 0 amide bonds. The van der Waals surface area contributed by atoms with Crippen LogP contribution in [0.2, 0.25) is 0 Å². The zero-order valence-electron chi connectivity index (χ0n) is 22.2. The summed E-state index contributed by atoms with van der Waals surface area (Å²) in [5, 5.41) is 8.44. The first-order chi connectivity index (χ1) is 18.0. The summed E-state index contributed by atoms with van der Waals surface area (Å²) in [5.41, 5.74) is 8.89. The molecule has 0 saturated carbocycles. The van der Waals surface area contributed by atoms with Gasteiger partial charge in [0, 0.05) is 29.2 Å². The van der Waals surface area contributed by atoms with E-state index in [0.717, 1.165) is 59.8 Å². The number of nitrogens with zero attached hydrogens (tertiary/aromatic N) is 2.